The van der Waals surface area contributed by atoms with Gasteiger partial charge < -0.3 is 26.3 Å². The molecule has 1 aromatic heterocycles. The first-order valence-electron chi connectivity index (χ1n) is 7.42. The molecular formula is C14H15N5O5S2. The lowest BCUT2D eigenvalue weighted by molar-refractivity contribution is -0.163. The second-order valence-electron chi connectivity index (χ2n) is 5.62. The first kappa shape index (κ1) is 18.2. The monoisotopic (exact) mass is 397 g/mol. The van der Waals surface area contributed by atoms with Crippen LogP contribution in [0.2, 0.25) is 0 Å². The quantitative estimate of drug-likeness (QED) is 0.171. The molecule has 0 radical (unpaired) electrons. The highest BCUT2D eigenvalue weighted by Crippen LogP contribution is 2.41. The van der Waals surface area contributed by atoms with Gasteiger partial charge in [0, 0.05) is 17.1 Å². The summed E-state index contributed by atoms with van der Waals surface area (Å²) in [6.07, 6.45) is 1.52. The first-order valence-corrected chi connectivity index (χ1v) is 9.35. The van der Waals surface area contributed by atoms with Crippen LogP contribution in [0.25, 0.3) is 0 Å². The number of carbonyl (C=O) groups excluding carboxylic acids is 2. The standard InChI is InChI=1S/C14H15N5O5S2/c1-2-5-3-25-12-8(11(21)19(12)9(5)13(22)23)17-10(20)7(18-24)6-4-26-14(15)16-6/h2,4-5,8-9,12,24H,1,3H2,(H2,15,16)(H,17,20)(H,22,23)/b18-7-/t5?,8-,9?,12-/m1/s1. The van der Waals surface area contributed by atoms with Crippen LogP contribution in [-0.2, 0) is 14.4 Å². The van der Waals surface area contributed by atoms with Crippen LogP contribution in [0.1, 0.15) is 5.69 Å². The molecule has 2 aliphatic rings. The number of nitrogens with one attached hydrogen (secondary N) is 1. The number of nitrogen functional groups attached to an aromatic ring is 1. The van der Waals surface area contributed by atoms with Crippen molar-refractivity contribution in [3.05, 3.63) is 23.7 Å². The number of aliphatic carboxylic acids is 1. The highest BCUT2D eigenvalue weighted by Gasteiger charge is 2.57. The van der Waals surface area contributed by atoms with Crippen molar-refractivity contribution in [3.63, 3.8) is 0 Å². The molecule has 138 valence electrons. The van der Waals surface area contributed by atoms with Gasteiger partial charge in [0.05, 0.1) is 0 Å². The molecule has 2 amide bonds. The van der Waals surface area contributed by atoms with E-state index in [1.54, 1.807) is 0 Å². The number of nitrogens with zero attached hydrogens (tertiary/aromatic N) is 3. The Morgan fingerprint density at radius 1 is 1.54 bits per heavy atom. The lowest BCUT2D eigenvalue weighted by atomic mass is 9.93. The minimum absolute atomic E-state index is 0.0857. The Balaban J connectivity index is 1.74. The molecule has 0 aromatic carbocycles. The number of thioether (sulfide) groups is 1. The third-order valence-electron chi connectivity index (χ3n) is 4.17. The number of anilines is 1. The van der Waals surface area contributed by atoms with Crippen LogP contribution in [0.3, 0.4) is 0 Å². The molecule has 0 saturated carbocycles. The van der Waals surface area contributed by atoms with Crippen molar-refractivity contribution in [2.45, 2.75) is 17.5 Å². The van der Waals surface area contributed by atoms with Gasteiger partial charge in [-0.05, 0) is 0 Å². The Bertz CT molecular complexity index is 809. The van der Waals surface area contributed by atoms with E-state index >= 15 is 0 Å². The van der Waals surface area contributed by atoms with Crippen LogP contribution in [-0.4, -0.2) is 66.9 Å². The second-order valence-corrected chi connectivity index (χ2v) is 7.66. The third-order valence-corrected chi connectivity index (χ3v) is 6.26. The molecule has 12 heteroatoms. The third kappa shape index (κ3) is 2.90. The van der Waals surface area contributed by atoms with E-state index in [0.29, 0.717) is 5.75 Å². The van der Waals surface area contributed by atoms with E-state index in [1.807, 2.05) is 0 Å². The molecule has 5 N–H and O–H groups in total. The molecule has 0 aliphatic carbocycles. The number of carbonyl (C=O) groups is 3. The van der Waals surface area contributed by atoms with E-state index in [4.69, 9.17) is 10.9 Å². The summed E-state index contributed by atoms with van der Waals surface area (Å²) in [4.78, 5) is 41.4. The minimum Gasteiger partial charge on any atom is -0.480 e. The number of aromatic nitrogens is 1. The molecule has 4 atom stereocenters. The summed E-state index contributed by atoms with van der Waals surface area (Å²) in [6, 6.07) is -1.92. The second kappa shape index (κ2) is 6.96. The fourth-order valence-electron chi connectivity index (χ4n) is 2.92. The van der Waals surface area contributed by atoms with Crippen LogP contribution >= 0.6 is 23.1 Å². The first-order chi connectivity index (χ1) is 12.4. The Morgan fingerprint density at radius 2 is 2.27 bits per heavy atom. The number of fused-ring (bicyclic) bond motifs is 1. The molecule has 1 aromatic rings. The van der Waals surface area contributed by atoms with Gasteiger partial charge in [0.1, 0.15) is 23.2 Å². The van der Waals surface area contributed by atoms with Crippen molar-refractivity contribution in [2.75, 3.05) is 11.5 Å². The summed E-state index contributed by atoms with van der Waals surface area (Å²) in [5.74, 6) is -2.33. The van der Waals surface area contributed by atoms with E-state index < -0.39 is 35.2 Å². The number of nitrogens with two attached hydrogens (primary N) is 1. The average molecular weight is 397 g/mol. The normalized spacial score (nSPS) is 28.1. The fourth-order valence-corrected chi connectivity index (χ4v) is 4.97. The van der Waals surface area contributed by atoms with E-state index in [0.717, 1.165) is 11.3 Å². The van der Waals surface area contributed by atoms with Gasteiger partial charge >= 0.3 is 5.97 Å². The average Bonchev–Trinajstić information content (AvgIpc) is 3.04. The van der Waals surface area contributed by atoms with Gasteiger partial charge in [-0.2, -0.15) is 0 Å². The Morgan fingerprint density at radius 3 is 2.81 bits per heavy atom. The van der Waals surface area contributed by atoms with Gasteiger partial charge in [0.15, 0.2) is 10.8 Å². The molecule has 26 heavy (non-hydrogen) atoms. The lowest BCUT2D eigenvalue weighted by Crippen LogP contribution is -2.76. The molecule has 2 fully saturated rings. The van der Waals surface area contributed by atoms with Crippen LogP contribution in [0, 0.1) is 5.92 Å². The van der Waals surface area contributed by atoms with Crippen molar-refractivity contribution < 1.29 is 24.7 Å². The minimum atomic E-state index is -1.12. The van der Waals surface area contributed by atoms with E-state index in [1.165, 1.54) is 28.1 Å². The van der Waals surface area contributed by atoms with Crippen molar-refractivity contribution in [1.29, 1.82) is 0 Å². The Hall–Kier alpha value is -2.60. The highest BCUT2D eigenvalue weighted by atomic mass is 32.2. The SMILES string of the molecule is C=CC1CS[C@@H]2[C@H](NC(=O)/C(=N\O)c3csc(N)n3)C(=O)N2C1C(=O)O. The lowest BCUT2D eigenvalue weighted by Gasteiger charge is -2.53. The van der Waals surface area contributed by atoms with Crippen LogP contribution < -0.4 is 11.1 Å². The van der Waals surface area contributed by atoms with Crippen LogP contribution in [0.5, 0.6) is 0 Å². The zero-order valence-electron chi connectivity index (χ0n) is 13.2. The predicted octanol–water partition coefficient (Wildman–Crippen LogP) is -0.441. The largest absolute Gasteiger partial charge is 0.480 e. The summed E-state index contributed by atoms with van der Waals surface area (Å²) < 4.78 is 0. The Kier molecular flexibility index (Phi) is 4.87. The summed E-state index contributed by atoms with van der Waals surface area (Å²) in [6.45, 7) is 3.62. The van der Waals surface area contributed by atoms with E-state index in [-0.39, 0.29) is 22.5 Å². The number of oxime groups is 1. The van der Waals surface area contributed by atoms with Gasteiger partial charge in [-0.25, -0.2) is 9.78 Å². The zero-order valence-corrected chi connectivity index (χ0v) is 14.9. The number of carboxylic acids is 1. The molecule has 3 rings (SSSR count). The summed E-state index contributed by atoms with van der Waals surface area (Å²) in [5, 5.41) is 25.1. The maximum Gasteiger partial charge on any atom is 0.327 e. The van der Waals surface area contributed by atoms with Gasteiger partial charge in [-0.3, -0.25) is 9.59 Å². The maximum absolute atomic E-state index is 12.4. The van der Waals surface area contributed by atoms with Gasteiger partial charge in [0.25, 0.3) is 5.91 Å². The highest BCUT2D eigenvalue weighted by molar-refractivity contribution is 8.00. The molecule has 3 heterocycles. The van der Waals surface area contributed by atoms with Crippen LogP contribution in [0.4, 0.5) is 5.13 Å². The molecule has 2 unspecified atom stereocenters. The number of hydrogen-bond donors (Lipinski definition) is 4. The van der Waals surface area contributed by atoms with Gasteiger partial charge in [-0.15, -0.1) is 29.7 Å². The molecular weight excluding hydrogens is 382 g/mol. The van der Waals surface area contributed by atoms with Gasteiger partial charge in [-0.1, -0.05) is 11.2 Å². The molecule has 10 nitrogen and oxygen atoms in total. The number of amides is 2. The number of rotatable bonds is 5. The zero-order chi connectivity index (χ0) is 19.0. The van der Waals surface area contributed by atoms with Crippen LogP contribution in [0.15, 0.2) is 23.2 Å². The molecule has 2 aliphatic heterocycles. The molecule has 0 bridgehead atoms. The maximum atomic E-state index is 12.4. The number of thiazole rings is 1. The number of carboxylic acid groups (broad SMARTS) is 1. The fraction of sp³-hybridized carbons (Fsp3) is 0.357. The van der Waals surface area contributed by atoms with Crippen molar-refractivity contribution >= 4 is 51.7 Å². The summed E-state index contributed by atoms with van der Waals surface area (Å²) >= 11 is 2.43. The summed E-state index contributed by atoms with van der Waals surface area (Å²) in [7, 11) is 0. The van der Waals surface area contributed by atoms with E-state index in [9.17, 15) is 19.5 Å². The van der Waals surface area contributed by atoms with E-state index in [2.05, 4.69) is 22.0 Å². The Labute approximate surface area is 155 Å². The van der Waals surface area contributed by atoms with Crippen molar-refractivity contribution in [2.24, 2.45) is 11.1 Å². The smallest absolute Gasteiger partial charge is 0.327 e. The predicted molar refractivity (Wildman–Crippen MR) is 95.0 cm³/mol. The number of hydrogen-bond acceptors (Lipinski definition) is 9. The molecule has 0 spiro atoms. The summed E-state index contributed by atoms with van der Waals surface area (Å²) in [5.41, 5.74) is 5.21. The van der Waals surface area contributed by atoms with Gasteiger partial charge in [0.2, 0.25) is 5.91 Å². The topological polar surface area (TPSA) is 158 Å². The van der Waals surface area contributed by atoms with Crippen molar-refractivity contribution in [3.8, 4) is 0 Å². The van der Waals surface area contributed by atoms with Crippen molar-refractivity contribution in [1.82, 2.24) is 15.2 Å². The number of β-lactam (4-membered cyclic amide) rings is 1. The molecule has 2 saturated heterocycles.